The van der Waals surface area contributed by atoms with Crippen LogP contribution in [0.1, 0.15) is 0 Å². The minimum absolute atomic E-state index is 0.0847. The molecule has 0 aromatic carbocycles. The van der Waals surface area contributed by atoms with E-state index in [0.29, 0.717) is 5.13 Å². The summed E-state index contributed by atoms with van der Waals surface area (Å²) in [4.78, 5) is 3.88. The van der Waals surface area contributed by atoms with Crippen molar-refractivity contribution in [2.45, 2.75) is 30.6 Å². The van der Waals surface area contributed by atoms with E-state index in [4.69, 9.17) is 26.2 Å². The minimum atomic E-state index is -1.24. The number of nitrogens with one attached hydrogen (secondary N) is 1. The van der Waals surface area contributed by atoms with E-state index in [2.05, 4.69) is 14.7 Å². The van der Waals surface area contributed by atoms with Crippen LogP contribution in [0.5, 0.6) is 0 Å². The maximum atomic E-state index is 10.0. The quantitative estimate of drug-likeness (QED) is 0.563. The summed E-state index contributed by atoms with van der Waals surface area (Å²) in [7, 11) is 1.39. The predicted octanol–water partition coefficient (Wildman–Crippen LogP) is -0.943. The largest absolute Gasteiger partial charge is 0.394 e. The number of ether oxygens (including phenoxy) is 2. The van der Waals surface area contributed by atoms with E-state index in [1.54, 1.807) is 0 Å². The maximum Gasteiger partial charge on any atom is 0.236 e. The monoisotopic (exact) mass is 311 g/mol. The Bertz CT molecular complexity index is 420. The van der Waals surface area contributed by atoms with Gasteiger partial charge in [-0.25, -0.2) is 0 Å². The van der Waals surface area contributed by atoms with Crippen molar-refractivity contribution in [3.05, 3.63) is 5.28 Å². The van der Waals surface area contributed by atoms with Crippen LogP contribution in [0.2, 0.25) is 5.28 Å². The van der Waals surface area contributed by atoms with Crippen LogP contribution in [0.4, 0.5) is 5.13 Å². The minimum Gasteiger partial charge on any atom is -0.394 e. The van der Waals surface area contributed by atoms with Gasteiger partial charge < -0.3 is 30.1 Å². The van der Waals surface area contributed by atoms with Crippen molar-refractivity contribution in [1.82, 2.24) is 9.36 Å². The number of methoxy groups -OCH3 is 1. The molecule has 0 amide bonds. The van der Waals surface area contributed by atoms with E-state index < -0.39 is 37.3 Å². The van der Waals surface area contributed by atoms with Crippen LogP contribution in [0.3, 0.4) is 0 Å². The van der Waals surface area contributed by atoms with Gasteiger partial charge in [-0.2, -0.15) is 9.36 Å². The second-order valence-corrected chi connectivity index (χ2v) is 5.07. The first-order chi connectivity index (χ1) is 9.06. The lowest BCUT2D eigenvalue weighted by Gasteiger charge is -2.41. The summed E-state index contributed by atoms with van der Waals surface area (Å²) in [6.07, 6.45) is -4.19. The molecule has 10 heteroatoms. The Balaban J connectivity index is 2.12. The number of hydrogen-bond donors (Lipinski definition) is 4. The van der Waals surface area contributed by atoms with Crippen molar-refractivity contribution >= 4 is 28.3 Å². The normalized spacial score (nSPS) is 35.3. The highest BCUT2D eigenvalue weighted by atomic mass is 35.5. The van der Waals surface area contributed by atoms with E-state index >= 15 is 0 Å². The van der Waals surface area contributed by atoms with E-state index in [9.17, 15) is 10.2 Å². The molecule has 4 N–H and O–H groups in total. The Morgan fingerprint density at radius 1 is 1.47 bits per heavy atom. The first kappa shape index (κ1) is 14.9. The summed E-state index contributed by atoms with van der Waals surface area (Å²) in [5.41, 5.74) is 0. The summed E-state index contributed by atoms with van der Waals surface area (Å²) in [5.74, 6) is 0. The average Bonchev–Trinajstić information content (AvgIpc) is 2.81. The van der Waals surface area contributed by atoms with E-state index in [1.165, 1.54) is 7.11 Å². The molecule has 0 saturated carbocycles. The highest BCUT2D eigenvalue weighted by molar-refractivity contribution is 7.09. The van der Waals surface area contributed by atoms with Crippen molar-refractivity contribution in [3.8, 4) is 0 Å². The fraction of sp³-hybridized carbons (Fsp3) is 0.778. The number of nitrogens with zero attached hydrogens (tertiary/aromatic N) is 2. The van der Waals surface area contributed by atoms with Gasteiger partial charge in [-0.1, -0.05) is 0 Å². The number of aromatic nitrogens is 2. The lowest BCUT2D eigenvalue weighted by atomic mass is 9.97. The zero-order chi connectivity index (χ0) is 14.0. The lowest BCUT2D eigenvalue weighted by Crippen LogP contribution is -2.61. The van der Waals surface area contributed by atoms with Gasteiger partial charge in [0.2, 0.25) is 10.4 Å². The van der Waals surface area contributed by atoms with Gasteiger partial charge in [0, 0.05) is 18.6 Å². The van der Waals surface area contributed by atoms with Gasteiger partial charge in [0.05, 0.1) is 6.61 Å². The second kappa shape index (κ2) is 6.27. The van der Waals surface area contributed by atoms with Crippen molar-refractivity contribution in [2.75, 3.05) is 19.0 Å². The molecule has 2 heterocycles. The molecule has 1 unspecified atom stereocenters. The molecule has 1 fully saturated rings. The van der Waals surface area contributed by atoms with Crippen molar-refractivity contribution in [1.29, 1.82) is 0 Å². The molecule has 0 spiro atoms. The third-order valence-corrected chi connectivity index (χ3v) is 3.72. The summed E-state index contributed by atoms with van der Waals surface area (Å²) in [5, 5.41) is 32.2. The van der Waals surface area contributed by atoms with Crippen LogP contribution in [-0.4, -0.2) is 69.0 Å². The topological polar surface area (TPSA) is 117 Å². The Hall–Kier alpha value is -0.550. The first-order valence-electron chi connectivity index (χ1n) is 5.47. The molecule has 5 atom stereocenters. The number of hydrogen-bond acceptors (Lipinski definition) is 9. The van der Waals surface area contributed by atoms with Gasteiger partial charge in [-0.05, 0) is 11.6 Å². The van der Waals surface area contributed by atoms with Crippen molar-refractivity contribution < 1.29 is 24.8 Å². The molecule has 8 nitrogen and oxygen atoms in total. The Kier molecular flexibility index (Phi) is 4.90. The maximum absolute atomic E-state index is 10.0. The number of anilines is 1. The fourth-order valence-electron chi connectivity index (χ4n) is 1.84. The molecule has 1 aromatic heterocycles. The van der Waals surface area contributed by atoms with E-state index in [0.717, 1.165) is 11.5 Å². The summed E-state index contributed by atoms with van der Waals surface area (Å²) in [6.45, 7) is -0.421. The molecular weight excluding hydrogens is 298 g/mol. The molecule has 1 aliphatic heterocycles. The van der Waals surface area contributed by atoms with Gasteiger partial charge in [0.25, 0.3) is 0 Å². The SMILES string of the molecule is CO[C@H]1OC(CO)[C@H](O)[C@H](O)[C@H]1Nc1nc(Cl)ns1. The molecule has 1 aromatic rings. The highest BCUT2D eigenvalue weighted by Gasteiger charge is 2.44. The van der Waals surface area contributed by atoms with Crippen LogP contribution in [-0.2, 0) is 9.47 Å². The summed E-state index contributed by atoms with van der Waals surface area (Å²) < 4.78 is 14.2. The van der Waals surface area contributed by atoms with Crippen LogP contribution in [0.15, 0.2) is 0 Å². The van der Waals surface area contributed by atoms with Gasteiger partial charge in [0.1, 0.15) is 24.4 Å². The third-order valence-electron chi connectivity index (χ3n) is 2.80. The van der Waals surface area contributed by atoms with Crippen LogP contribution >= 0.6 is 23.1 Å². The van der Waals surface area contributed by atoms with Crippen LogP contribution < -0.4 is 5.32 Å². The number of rotatable bonds is 4. The van der Waals surface area contributed by atoms with Crippen LogP contribution in [0, 0.1) is 0 Å². The van der Waals surface area contributed by atoms with Crippen LogP contribution in [0.25, 0.3) is 0 Å². The standard InChI is InChI=1S/C9H14ClN3O5S/c1-17-7-4(11-9-12-8(10)13-19-9)6(16)5(15)3(2-14)18-7/h3-7,14-16H,2H2,1H3,(H,11,12,13)/t3?,4-,5+,6-,7+/m1/s1. The molecule has 19 heavy (non-hydrogen) atoms. The zero-order valence-corrected chi connectivity index (χ0v) is 11.5. The average molecular weight is 312 g/mol. The Morgan fingerprint density at radius 3 is 2.74 bits per heavy atom. The predicted molar refractivity (Wildman–Crippen MR) is 67.1 cm³/mol. The molecule has 1 aliphatic rings. The number of aliphatic hydroxyl groups excluding tert-OH is 3. The second-order valence-electron chi connectivity index (χ2n) is 3.98. The Morgan fingerprint density at radius 2 is 2.21 bits per heavy atom. The number of aliphatic hydroxyl groups is 3. The number of halogens is 1. The zero-order valence-electron chi connectivity index (χ0n) is 9.93. The fourth-order valence-corrected chi connectivity index (χ4v) is 2.60. The van der Waals surface area contributed by atoms with Gasteiger partial charge >= 0.3 is 0 Å². The van der Waals surface area contributed by atoms with Crippen molar-refractivity contribution in [3.63, 3.8) is 0 Å². The van der Waals surface area contributed by atoms with E-state index in [-0.39, 0.29) is 5.28 Å². The van der Waals surface area contributed by atoms with Gasteiger partial charge in [-0.15, -0.1) is 0 Å². The lowest BCUT2D eigenvalue weighted by molar-refractivity contribution is -0.254. The molecular formula is C9H14ClN3O5S. The Labute approximate surface area is 118 Å². The highest BCUT2D eigenvalue weighted by Crippen LogP contribution is 2.25. The van der Waals surface area contributed by atoms with E-state index in [1.807, 2.05) is 0 Å². The van der Waals surface area contributed by atoms with Gasteiger partial charge in [-0.3, -0.25) is 0 Å². The third kappa shape index (κ3) is 3.14. The van der Waals surface area contributed by atoms with Crippen molar-refractivity contribution in [2.24, 2.45) is 0 Å². The molecule has 1 saturated heterocycles. The first-order valence-corrected chi connectivity index (χ1v) is 6.63. The molecule has 0 radical (unpaired) electrons. The molecule has 0 bridgehead atoms. The molecule has 108 valence electrons. The smallest absolute Gasteiger partial charge is 0.236 e. The summed E-state index contributed by atoms with van der Waals surface area (Å²) in [6, 6.07) is -0.758. The molecule has 2 rings (SSSR count). The summed E-state index contributed by atoms with van der Waals surface area (Å²) >= 11 is 6.61. The molecule has 0 aliphatic carbocycles. The van der Waals surface area contributed by atoms with Gasteiger partial charge in [0.15, 0.2) is 6.29 Å².